The van der Waals surface area contributed by atoms with E-state index in [1.54, 1.807) is 19.2 Å². The van der Waals surface area contributed by atoms with Crippen LogP contribution in [0.15, 0.2) is 24.3 Å². The summed E-state index contributed by atoms with van der Waals surface area (Å²) in [7, 11) is 1.69. The molecule has 0 saturated carbocycles. The Balaban J connectivity index is 2.66. The van der Waals surface area contributed by atoms with E-state index in [0.717, 1.165) is 11.3 Å². The summed E-state index contributed by atoms with van der Waals surface area (Å²) in [6.45, 7) is 0.0693. The number of rotatable bonds is 3. The second-order valence-corrected chi connectivity index (χ2v) is 2.11. The molecule has 1 aromatic rings. The lowest BCUT2D eigenvalue weighted by molar-refractivity contribution is 0.223. The first-order chi connectivity index (χ1) is 5.36. The molecular formula is C8H11NO2. The summed E-state index contributed by atoms with van der Waals surface area (Å²) < 4.78 is 0. The minimum atomic E-state index is 0.0693. The highest BCUT2D eigenvalue weighted by Gasteiger charge is 1.91. The normalized spacial score (nSPS) is 9.64. The third-order valence-corrected chi connectivity index (χ3v) is 1.33. The van der Waals surface area contributed by atoms with Crippen molar-refractivity contribution in [3.63, 3.8) is 0 Å². The van der Waals surface area contributed by atoms with Crippen LogP contribution in [0, 0.1) is 0 Å². The monoisotopic (exact) mass is 153 g/mol. The van der Waals surface area contributed by atoms with Crippen LogP contribution in [0.3, 0.4) is 0 Å². The summed E-state index contributed by atoms with van der Waals surface area (Å²) in [4.78, 5) is 4.97. The van der Waals surface area contributed by atoms with Gasteiger partial charge in [-0.15, -0.1) is 0 Å². The molecule has 0 aliphatic rings. The SMILES string of the molecule is CNOc1ccc(CO)cc1. The van der Waals surface area contributed by atoms with E-state index >= 15 is 0 Å². The first-order valence-corrected chi connectivity index (χ1v) is 3.40. The molecule has 3 nitrogen and oxygen atoms in total. The molecule has 0 bridgehead atoms. The van der Waals surface area contributed by atoms with Crippen molar-refractivity contribution in [2.75, 3.05) is 7.05 Å². The predicted octanol–water partition coefficient (Wildman–Crippen LogP) is 0.692. The summed E-state index contributed by atoms with van der Waals surface area (Å²) in [6.07, 6.45) is 0. The van der Waals surface area contributed by atoms with E-state index in [1.165, 1.54) is 0 Å². The maximum Gasteiger partial charge on any atom is 0.147 e. The third kappa shape index (κ3) is 2.22. The number of hydrogen-bond donors (Lipinski definition) is 2. The summed E-state index contributed by atoms with van der Waals surface area (Å²) >= 11 is 0. The number of aliphatic hydroxyl groups excluding tert-OH is 1. The Bertz CT molecular complexity index is 208. The fraction of sp³-hybridized carbons (Fsp3) is 0.250. The van der Waals surface area contributed by atoms with Crippen molar-refractivity contribution in [3.05, 3.63) is 29.8 Å². The fourth-order valence-corrected chi connectivity index (χ4v) is 0.781. The van der Waals surface area contributed by atoms with Crippen LogP contribution in [0.1, 0.15) is 5.56 Å². The maximum atomic E-state index is 8.70. The van der Waals surface area contributed by atoms with Gasteiger partial charge in [0.15, 0.2) is 0 Å². The summed E-state index contributed by atoms with van der Waals surface area (Å²) in [5, 5.41) is 8.70. The molecule has 0 heterocycles. The molecule has 0 atom stereocenters. The second kappa shape index (κ2) is 3.95. The van der Waals surface area contributed by atoms with E-state index < -0.39 is 0 Å². The van der Waals surface area contributed by atoms with Gasteiger partial charge in [0.1, 0.15) is 5.75 Å². The molecule has 1 rings (SSSR count). The van der Waals surface area contributed by atoms with Crippen LogP contribution >= 0.6 is 0 Å². The van der Waals surface area contributed by atoms with E-state index in [-0.39, 0.29) is 6.61 Å². The Morgan fingerprint density at radius 2 is 2.00 bits per heavy atom. The molecule has 0 amide bonds. The van der Waals surface area contributed by atoms with Crippen molar-refractivity contribution in [1.82, 2.24) is 5.48 Å². The standard InChI is InChI=1S/C8H11NO2/c1-9-11-8-4-2-7(6-10)3-5-8/h2-5,9-10H,6H2,1H3. The van der Waals surface area contributed by atoms with Crippen LogP contribution in [-0.2, 0) is 6.61 Å². The molecule has 0 radical (unpaired) electrons. The van der Waals surface area contributed by atoms with Gasteiger partial charge in [-0.3, -0.25) is 0 Å². The molecule has 11 heavy (non-hydrogen) atoms. The highest BCUT2D eigenvalue weighted by Crippen LogP contribution is 2.10. The fourth-order valence-electron chi connectivity index (χ4n) is 0.781. The van der Waals surface area contributed by atoms with Gasteiger partial charge in [0.25, 0.3) is 0 Å². The van der Waals surface area contributed by atoms with Crippen molar-refractivity contribution in [2.24, 2.45) is 0 Å². The van der Waals surface area contributed by atoms with E-state index in [0.29, 0.717) is 0 Å². The summed E-state index contributed by atoms with van der Waals surface area (Å²) in [6, 6.07) is 7.21. The molecule has 0 aromatic heterocycles. The largest absolute Gasteiger partial charge is 0.409 e. The molecule has 1 aromatic carbocycles. The lowest BCUT2D eigenvalue weighted by Crippen LogP contribution is -2.10. The van der Waals surface area contributed by atoms with Crippen LogP contribution in [0.25, 0.3) is 0 Å². The van der Waals surface area contributed by atoms with E-state index in [4.69, 9.17) is 9.94 Å². The minimum Gasteiger partial charge on any atom is -0.409 e. The zero-order valence-electron chi connectivity index (χ0n) is 6.37. The van der Waals surface area contributed by atoms with Gasteiger partial charge in [-0.25, -0.2) is 0 Å². The lowest BCUT2D eigenvalue weighted by atomic mass is 10.2. The number of aliphatic hydroxyl groups is 1. The molecule has 3 heteroatoms. The van der Waals surface area contributed by atoms with E-state index in [1.807, 2.05) is 12.1 Å². The average Bonchev–Trinajstić information content (AvgIpc) is 2.07. The zero-order valence-corrected chi connectivity index (χ0v) is 6.37. The third-order valence-electron chi connectivity index (χ3n) is 1.33. The topological polar surface area (TPSA) is 41.5 Å². The Morgan fingerprint density at radius 3 is 2.45 bits per heavy atom. The zero-order chi connectivity index (χ0) is 8.10. The average molecular weight is 153 g/mol. The van der Waals surface area contributed by atoms with Crippen LogP contribution in [0.5, 0.6) is 5.75 Å². The van der Waals surface area contributed by atoms with Gasteiger partial charge in [0.2, 0.25) is 0 Å². The Labute approximate surface area is 65.6 Å². The predicted molar refractivity (Wildman–Crippen MR) is 42.1 cm³/mol. The smallest absolute Gasteiger partial charge is 0.147 e. The number of hydrogen-bond acceptors (Lipinski definition) is 3. The Kier molecular flexibility index (Phi) is 2.89. The number of nitrogens with one attached hydrogen (secondary N) is 1. The molecule has 60 valence electrons. The van der Waals surface area contributed by atoms with Crippen molar-refractivity contribution >= 4 is 0 Å². The van der Waals surface area contributed by atoms with Crippen molar-refractivity contribution < 1.29 is 9.94 Å². The maximum absolute atomic E-state index is 8.70. The molecule has 0 aliphatic carbocycles. The summed E-state index contributed by atoms with van der Waals surface area (Å²) in [5.41, 5.74) is 3.44. The van der Waals surface area contributed by atoms with Gasteiger partial charge in [-0.05, 0) is 17.7 Å². The molecule has 0 aliphatic heterocycles. The summed E-state index contributed by atoms with van der Waals surface area (Å²) in [5.74, 6) is 0.740. The Morgan fingerprint density at radius 1 is 1.36 bits per heavy atom. The minimum absolute atomic E-state index is 0.0693. The van der Waals surface area contributed by atoms with Crippen LogP contribution < -0.4 is 10.3 Å². The van der Waals surface area contributed by atoms with Gasteiger partial charge < -0.3 is 9.94 Å². The van der Waals surface area contributed by atoms with E-state index in [9.17, 15) is 0 Å². The highest BCUT2D eigenvalue weighted by atomic mass is 16.6. The van der Waals surface area contributed by atoms with Crippen LogP contribution in [0.2, 0.25) is 0 Å². The molecule has 0 fully saturated rings. The molecule has 0 saturated heterocycles. The first-order valence-electron chi connectivity index (χ1n) is 3.40. The number of benzene rings is 1. The quantitative estimate of drug-likeness (QED) is 0.628. The van der Waals surface area contributed by atoms with Gasteiger partial charge in [0.05, 0.1) is 6.61 Å². The first kappa shape index (κ1) is 8.04. The second-order valence-electron chi connectivity index (χ2n) is 2.11. The van der Waals surface area contributed by atoms with Crippen molar-refractivity contribution in [1.29, 1.82) is 0 Å². The van der Waals surface area contributed by atoms with Crippen molar-refractivity contribution in [3.8, 4) is 5.75 Å². The van der Waals surface area contributed by atoms with Gasteiger partial charge >= 0.3 is 0 Å². The Hall–Kier alpha value is -1.06. The van der Waals surface area contributed by atoms with Crippen molar-refractivity contribution in [2.45, 2.75) is 6.61 Å². The molecule has 2 N–H and O–H groups in total. The van der Waals surface area contributed by atoms with Gasteiger partial charge in [-0.2, -0.15) is 5.48 Å². The molecule has 0 spiro atoms. The van der Waals surface area contributed by atoms with Gasteiger partial charge in [-0.1, -0.05) is 12.1 Å². The van der Waals surface area contributed by atoms with Crippen LogP contribution in [0.4, 0.5) is 0 Å². The van der Waals surface area contributed by atoms with E-state index in [2.05, 4.69) is 5.48 Å². The lowest BCUT2D eigenvalue weighted by Gasteiger charge is -2.02. The van der Waals surface area contributed by atoms with Crippen LogP contribution in [-0.4, -0.2) is 12.2 Å². The molecular weight excluding hydrogens is 142 g/mol. The highest BCUT2D eigenvalue weighted by molar-refractivity contribution is 5.26. The number of hydroxylamine groups is 1. The van der Waals surface area contributed by atoms with Gasteiger partial charge in [0, 0.05) is 7.05 Å². The molecule has 0 unspecified atom stereocenters.